The Morgan fingerprint density at radius 3 is 2.63 bits per heavy atom. The summed E-state index contributed by atoms with van der Waals surface area (Å²) >= 11 is 6.13. The first kappa shape index (κ1) is 23.2. The van der Waals surface area contributed by atoms with E-state index in [0.29, 0.717) is 23.6 Å². The van der Waals surface area contributed by atoms with Gasteiger partial charge in [0.25, 0.3) is 5.91 Å². The highest BCUT2D eigenvalue weighted by atomic mass is 35.5. The molecule has 35 heavy (non-hydrogen) atoms. The van der Waals surface area contributed by atoms with Crippen LogP contribution in [0.25, 0.3) is 0 Å². The zero-order valence-electron chi connectivity index (χ0n) is 20.0. The van der Waals surface area contributed by atoms with E-state index in [2.05, 4.69) is 23.1 Å². The number of hydrogen-bond acceptors (Lipinski definition) is 4. The maximum Gasteiger partial charge on any atom is 0.254 e. The molecule has 4 aromatic rings. The molecule has 1 saturated heterocycles. The highest BCUT2D eigenvalue weighted by Crippen LogP contribution is 2.32. The Balaban J connectivity index is 1.30. The number of likely N-dealkylation sites (tertiary alicyclic amines) is 1. The molecule has 0 saturated carbocycles. The third kappa shape index (κ3) is 5.28. The second kappa shape index (κ2) is 10.0. The summed E-state index contributed by atoms with van der Waals surface area (Å²) in [5.41, 5.74) is 6.75. The second-order valence-corrected chi connectivity index (χ2v) is 9.62. The molecule has 1 fully saturated rings. The Morgan fingerprint density at radius 2 is 1.89 bits per heavy atom. The SMILES string of the molecule is Cc1cc(C)n(Cc2ccc(C(=O)N3CCC[C@H]3c3cncc(Cc4cccc(Cl)c4)n3)cc2)n1. The number of rotatable bonds is 6. The van der Waals surface area contributed by atoms with Crippen molar-refractivity contribution in [2.75, 3.05) is 6.54 Å². The number of carbonyl (C=O) groups excluding carboxylic acids is 1. The molecule has 0 aliphatic carbocycles. The van der Waals surface area contributed by atoms with Gasteiger partial charge in [-0.25, -0.2) is 0 Å². The van der Waals surface area contributed by atoms with Crippen LogP contribution in [0.2, 0.25) is 5.02 Å². The molecule has 7 heteroatoms. The van der Waals surface area contributed by atoms with E-state index in [9.17, 15) is 4.79 Å². The summed E-state index contributed by atoms with van der Waals surface area (Å²) in [5.74, 6) is 0.0345. The van der Waals surface area contributed by atoms with Crippen LogP contribution in [0.5, 0.6) is 0 Å². The van der Waals surface area contributed by atoms with E-state index in [4.69, 9.17) is 16.6 Å². The largest absolute Gasteiger partial charge is 0.330 e. The molecule has 0 radical (unpaired) electrons. The lowest BCUT2D eigenvalue weighted by atomic mass is 10.1. The number of aryl methyl sites for hydroxylation is 2. The van der Waals surface area contributed by atoms with Crippen LogP contribution >= 0.6 is 11.6 Å². The molecule has 3 heterocycles. The number of nitrogens with zero attached hydrogens (tertiary/aromatic N) is 5. The normalized spacial score (nSPS) is 15.5. The van der Waals surface area contributed by atoms with E-state index in [1.165, 1.54) is 0 Å². The maximum absolute atomic E-state index is 13.4. The number of carbonyl (C=O) groups is 1. The van der Waals surface area contributed by atoms with Crippen LogP contribution in [0, 0.1) is 13.8 Å². The van der Waals surface area contributed by atoms with Gasteiger partial charge in [0.2, 0.25) is 0 Å². The van der Waals surface area contributed by atoms with Gasteiger partial charge in [-0.05, 0) is 68.1 Å². The van der Waals surface area contributed by atoms with Crippen molar-refractivity contribution in [1.29, 1.82) is 0 Å². The van der Waals surface area contributed by atoms with Crippen molar-refractivity contribution in [3.05, 3.63) is 111 Å². The van der Waals surface area contributed by atoms with E-state index >= 15 is 0 Å². The molecule has 2 aromatic heterocycles. The van der Waals surface area contributed by atoms with E-state index in [-0.39, 0.29) is 11.9 Å². The van der Waals surface area contributed by atoms with Crippen molar-refractivity contribution in [1.82, 2.24) is 24.6 Å². The van der Waals surface area contributed by atoms with Gasteiger partial charge in [0, 0.05) is 35.4 Å². The van der Waals surface area contributed by atoms with Gasteiger partial charge in [0.1, 0.15) is 0 Å². The van der Waals surface area contributed by atoms with Crippen LogP contribution in [0.3, 0.4) is 0 Å². The van der Waals surface area contributed by atoms with Crippen molar-refractivity contribution < 1.29 is 4.79 Å². The average molecular weight is 486 g/mol. The maximum atomic E-state index is 13.4. The third-order valence-corrected chi connectivity index (χ3v) is 6.70. The fourth-order valence-corrected chi connectivity index (χ4v) is 4.98. The minimum atomic E-state index is -0.0660. The van der Waals surface area contributed by atoms with E-state index < -0.39 is 0 Å². The number of halogens is 1. The van der Waals surface area contributed by atoms with Gasteiger partial charge in [-0.15, -0.1) is 0 Å². The molecule has 1 amide bonds. The van der Waals surface area contributed by atoms with Crippen molar-refractivity contribution >= 4 is 17.5 Å². The van der Waals surface area contributed by atoms with Gasteiger partial charge in [-0.3, -0.25) is 19.4 Å². The summed E-state index contributed by atoms with van der Waals surface area (Å²) in [6.07, 6.45) is 6.06. The molecule has 1 aliphatic rings. The average Bonchev–Trinajstić information content (AvgIpc) is 3.45. The number of hydrogen-bond donors (Lipinski definition) is 0. The summed E-state index contributed by atoms with van der Waals surface area (Å²) in [4.78, 5) is 24.7. The van der Waals surface area contributed by atoms with Crippen LogP contribution < -0.4 is 0 Å². The van der Waals surface area contributed by atoms with Gasteiger partial charge in [0.05, 0.1) is 35.9 Å². The summed E-state index contributed by atoms with van der Waals surface area (Å²) in [7, 11) is 0. The topological polar surface area (TPSA) is 63.9 Å². The van der Waals surface area contributed by atoms with Gasteiger partial charge in [-0.2, -0.15) is 5.10 Å². The molecule has 5 rings (SSSR count). The molecule has 0 bridgehead atoms. The quantitative estimate of drug-likeness (QED) is 0.358. The van der Waals surface area contributed by atoms with Gasteiger partial charge in [-0.1, -0.05) is 35.9 Å². The standard InChI is InChI=1S/C28H28ClN5O/c1-19-13-20(2)34(32-19)18-21-8-10-23(11-9-21)28(35)33-12-4-7-27(33)26-17-30-16-25(31-26)15-22-5-3-6-24(29)14-22/h3,5-6,8-11,13-14,16-17,27H,4,7,12,15,18H2,1-2H3/t27-/m0/s1. The Bertz CT molecular complexity index is 1350. The number of benzene rings is 2. The fraction of sp³-hybridized carbons (Fsp3) is 0.286. The van der Waals surface area contributed by atoms with E-state index in [0.717, 1.165) is 53.3 Å². The van der Waals surface area contributed by atoms with Crippen molar-refractivity contribution in [2.45, 2.75) is 45.7 Å². The van der Waals surface area contributed by atoms with Crippen LogP contribution in [0.15, 0.2) is 67.0 Å². The lowest BCUT2D eigenvalue weighted by molar-refractivity contribution is 0.0732. The van der Waals surface area contributed by atoms with E-state index in [1.54, 1.807) is 12.4 Å². The highest BCUT2D eigenvalue weighted by molar-refractivity contribution is 6.30. The highest BCUT2D eigenvalue weighted by Gasteiger charge is 2.32. The molecule has 0 unspecified atom stereocenters. The molecule has 6 nitrogen and oxygen atoms in total. The molecule has 1 atom stereocenters. The van der Waals surface area contributed by atoms with Crippen molar-refractivity contribution in [3.8, 4) is 0 Å². The fourth-order valence-electron chi connectivity index (χ4n) is 4.77. The molecule has 1 aliphatic heterocycles. The predicted octanol–water partition coefficient (Wildman–Crippen LogP) is 5.56. The van der Waals surface area contributed by atoms with E-state index in [1.807, 2.05) is 65.0 Å². The van der Waals surface area contributed by atoms with Gasteiger partial charge < -0.3 is 4.90 Å². The Hall–Kier alpha value is -3.51. The Kier molecular flexibility index (Phi) is 6.64. The summed E-state index contributed by atoms with van der Waals surface area (Å²) in [6.45, 7) is 5.46. The summed E-state index contributed by atoms with van der Waals surface area (Å²) < 4.78 is 1.98. The second-order valence-electron chi connectivity index (χ2n) is 9.18. The molecular weight excluding hydrogens is 458 g/mol. The molecule has 0 spiro atoms. The lowest BCUT2D eigenvalue weighted by Crippen LogP contribution is -2.31. The molecular formula is C28H28ClN5O. The van der Waals surface area contributed by atoms with Crippen LogP contribution in [0.4, 0.5) is 0 Å². The zero-order valence-corrected chi connectivity index (χ0v) is 20.7. The summed E-state index contributed by atoms with van der Waals surface area (Å²) in [5, 5.41) is 5.24. The minimum absolute atomic E-state index is 0.0345. The number of amides is 1. The summed E-state index contributed by atoms with van der Waals surface area (Å²) in [6, 6.07) is 17.6. The lowest BCUT2D eigenvalue weighted by Gasteiger charge is -2.24. The van der Waals surface area contributed by atoms with Crippen LogP contribution in [-0.4, -0.2) is 37.1 Å². The molecule has 0 N–H and O–H groups in total. The number of aromatic nitrogens is 4. The third-order valence-electron chi connectivity index (χ3n) is 6.47. The van der Waals surface area contributed by atoms with Crippen molar-refractivity contribution in [2.24, 2.45) is 0 Å². The monoisotopic (exact) mass is 485 g/mol. The molecule has 2 aromatic carbocycles. The van der Waals surface area contributed by atoms with Gasteiger partial charge in [0.15, 0.2) is 0 Å². The minimum Gasteiger partial charge on any atom is -0.330 e. The van der Waals surface area contributed by atoms with Crippen LogP contribution in [0.1, 0.15) is 63.1 Å². The Labute approximate surface area is 210 Å². The van der Waals surface area contributed by atoms with Crippen LogP contribution in [-0.2, 0) is 13.0 Å². The first-order valence-corrected chi connectivity index (χ1v) is 12.3. The first-order chi connectivity index (χ1) is 17.0. The Morgan fingerprint density at radius 1 is 1.06 bits per heavy atom. The first-order valence-electron chi connectivity index (χ1n) is 11.9. The van der Waals surface area contributed by atoms with Gasteiger partial charge >= 0.3 is 0 Å². The van der Waals surface area contributed by atoms with Crippen molar-refractivity contribution in [3.63, 3.8) is 0 Å². The smallest absolute Gasteiger partial charge is 0.254 e. The zero-order chi connectivity index (χ0) is 24.4. The predicted molar refractivity (Wildman–Crippen MR) is 137 cm³/mol. The molecule has 178 valence electrons.